The number of H-pyrrole nitrogens is 1. The fourth-order valence-electron chi connectivity index (χ4n) is 3.11. The van der Waals surface area contributed by atoms with Crippen molar-refractivity contribution in [2.24, 2.45) is 0 Å². The highest BCUT2D eigenvalue weighted by molar-refractivity contribution is 6.08. The SMILES string of the molecule is O=C(COC(=O)c1[nH]c2ccccc2c1-c1ccccc1)c1ccccc1. The summed E-state index contributed by atoms with van der Waals surface area (Å²) >= 11 is 0. The fourth-order valence-corrected chi connectivity index (χ4v) is 3.11. The minimum atomic E-state index is -0.547. The number of ketones is 1. The van der Waals surface area contributed by atoms with E-state index in [4.69, 9.17) is 4.74 Å². The van der Waals surface area contributed by atoms with Crippen LogP contribution in [0.2, 0.25) is 0 Å². The monoisotopic (exact) mass is 355 g/mol. The molecule has 0 amide bonds. The molecule has 1 heterocycles. The summed E-state index contributed by atoms with van der Waals surface area (Å²) in [6.45, 7) is -0.299. The van der Waals surface area contributed by atoms with E-state index >= 15 is 0 Å². The molecule has 4 aromatic rings. The Labute approximate surface area is 156 Å². The first kappa shape index (κ1) is 16.8. The smallest absolute Gasteiger partial charge is 0.355 e. The van der Waals surface area contributed by atoms with Gasteiger partial charge >= 0.3 is 5.97 Å². The molecule has 0 fully saturated rings. The summed E-state index contributed by atoms with van der Waals surface area (Å²) in [7, 11) is 0. The van der Waals surface area contributed by atoms with E-state index in [9.17, 15) is 9.59 Å². The molecule has 3 aromatic carbocycles. The molecule has 0 saturated carbocycles. The zero-order valence-electron chi connectivity index (χ0n) is 14.5. The van der Waals surface area contributed by atoms with E-state index in [0.29, 0.717) is 11.3 Å². The Kier molecular flexibility index (Phi) is 4.54. The van der Waals surface area contributed by atoms with Gasteiger partial charge in [-0.1, -0.05) is 78.9 Å². The first-order valence-electron chi connectivity index (χ1n) is 8.65. The lowest BCUT2D eigenvalue weighted by Crippen LogP contribution is -2.15. The highest BCUT2D eigenvalue weighted by Crippen LogP contribution is 2.32. The van der Waals surface area contributed by atoms with Crippen LogP contribution in [0.1, 0.15) is 20.8 Å². The molecule has 4 heteroatoms. The van der Waals surface area contributed by atoms with Gasteiger partial charge in [0.05, 0.1) is 0 Å². The predicted octanol–water partition coefficient (Wildman–Crippen LogP) is 4.87. The molecule has 4 nitrogen and oxygen atoms in total. The third-order valence-corrected chi connectivity index (χ3v) is 4.40. The van der Waals surface area contributed by atoms with Crippen LogP contribution in [0.15, 0.2) is 84.9 Å². The van der Waals surface area contributed by atoms with E-state index in [-0.39, 0.29) is 12.4 Å². The Morgan fingerprint density at radius 2 is 1.41 bits per heavy atom. The van der Waals surface area contributed by atoms with Crippen molar-refractivity contribution in [1.82, 2.24) is 4.98 Å². The highest BCUT2D eigenvalue weighted by atomic mass is 16.5. The van der Waals surface area contributed by atoms with E-state index in [1.165, 1.54) is 0 Å². The first-order chi connectivity index (χ1) is 13.2. The van der Waals surface area contributed by atoms with Crippen molar-refractivity contribution >= 4 is 22.7 Å². The van der Waals surface area contributed by atoms with Gasteiger partial charge in [0.15, 0.2) is 12.4 Å². The van der Waals surface area contributed by atoms with Crippen LogP contribution >= 0.6 is 0 Å². The summed E-state index contributed by atoms with van der Waals surface area (Å²) in [5, 5.41) is 0.935. The van der Waals surface area contributed by atoms with Gasteiger partial charge in [0.2, 0.25) is 0 Å². The molecule has 0 spiro atoms. The van der Waals surface area contributed by atoms with Gasteiger partial charge in [-0.15, -0.1) is 0 Å². The molecule has 0 saturated heterocycles. The molecular formula is C23H17NO3. The van der Waals surface area contributed by atoms with E-state index in [2.05, 4.69) is 4.98 Å². The van der Waals surface area contributed by atoms with Crippen LogP contribution in [0.3, 0.4) is 0 Å². The lowest BCUT2D eigenvalue weighted by atomic mass is 10.0. The van der Waals surface area contributed by atoms with Crippen LogP contribution in [-0.4, -0.2) is 23.3 Å². The van der Waals surface area contributed by atoms with Gasteiger partial charge in [-0.3, -0.25) is 4.79 Å². The summed E-state index contributed by atoms with van der Waals surface area (Å²) in [4.78, 5) is 28.1. The van der Waals surface area contributed by atoms with Crippen LogP contribution in [0.25, 0.3) is 22.0 Å². The Bertz CT molecular complexity index is 1100. The number of hydrogen-bond acceptors (Lipinski definition) is 3. The molecule has 0 radical (unpaired) electrons. The number of Topliss-reactive ketones (excluding diaryl/α,β-unsaturated/α-hetero) is 1. The molecule has 0 bridgehead atoms. The average molecular weight is 355 g/mol. The van der Waals surface area contributed by atoms with E-state index < -0.39 is 5.97 Å². The zero-order valence-corrected chi connectivity index (χ0v) is 14.5. The molecule has 1 aromatic heterocycles. The number of carbonyl (C=O) groups is 2. The van der Waals surface area contributed by atoms with Crippen LogP contribution < -0.4 is 0 Å². The van der Waals surface area contributed by atoms with Gasteiger partial charge in [-0.25, -0.2) is 4.79 Å². The minimum absolute atomic E-state index is 0.235. The number of hydrogen-bond donors (Lipinski definition) is 1. The van der Waals surface area contributed by atoms with Gasteiger partial charge in [0.1, 0.15) is 5.69 Å². The number of ether oxygens (including phenoxy) is 1. The van der Waals surface area contributed by atoms with Crippen molar-refractivity contribution in [3.63, 3.8) is 0 Å². The summed E-state index contributed by atoms with van der Waals surface area (Å²) in [6, 6.07) is 26.2. The van der Waals surface area contributed by atoms with Crippen LogP contribution in [0.4, 0.5) is 0 Å². The second kappa shape index (κ2) is 7.30. The van der Waals surface area contributed by atoms with E-state index in [0.717, 1.165) is 22.0 Å². The lowest BCUT2D eigenvalue weighted by Gasteiger charge is -2.06. The standard InChI is InChI=1S/C23H17NO3/c25-20(16-9-3-1-4-10-16)15-27-23(26)22-21(17-11-5-2-6-12-17)18-13-7-8-14-19(18)24-22/h1-14,24H,15H2. The second-order valence-electron chi connectivity index (χ2n) is 6.15. The quantitative estimate of drug-likeness (QED) is 0.410. The molecule has 0 aliphatic rings. The Morgan fingerprint density at radius 3 is 2.15 bits per heavy atom. The van der Waals surface area contributed by atoms with Crippen molar-refractivity contribution in [2.45, 2.75) is 0 Å². The molecule has 132 valence electrons. The average Bonchev–Trinajstić information content (AvgIpc) is 3.12. The number of rotatable bonds is 5. The molecular weight excluding hydrogens is 338 g/mol. The Morgan fingerprint density at radius 1 is 0.778 bits per heavy atom. The molecule has 0 unspecified atom stereocenters. The zero-order chi connectivity index (χ0) is 18.6. The Balaban J connectivity index is 1.65. The molecule has 27 heavy (non-hydrogen) atoms. The van der Waals surface area contributed by atoms with Crippen molar-refractivity contribution in [3.05, 3.63) is 96.2 Å². The number of fused-ring (bicyclic) bond motifs is 1. The summed E-state index contributed by atoms with van der Waals surface area (Å²) < 4.78 is 5.32. The first-order valence-corrected chi connectivity index (χ1v) is 8.65. The number of carbonyl (C=O) groups excluding carboxylic acids is 2. The van der Waals surface area contributed by atoms with Gasteiger partial charge in [0.25, 0.3) is 0 Å². The maximum atomic E-state index is 12.7. The predicted molar refractivity (Wildman–Crippen MR) is 105 cm³/mol. The summed E-state index contributed by atoms with van der Waals surface area (Å²) in [6.07, 6.45) is 0. The second-order valence-corrected chi connectivity index (χ2v) is 6.15. The maximum Gasteiger partial charge on any atom is 0.355 e. The number of nitrogens with one attached hydrogen (secondary N) is 1. The number of aromatic nitrogens is 1. The van der Waals surface area contributed by atoms with E-state index in [1.54, 1.807) is 24.3 Å². The maximum absolute atomic E-state index is 12.7. The normalized spacial score (nSPS) is 10.7. The number of esters is 1. The molecule has 0 aliphatic carbocycles. The third kappa shape index (κ3) is 3.37. The molecule has 0 atom stereocenters. The van der Waals surface area contributed by atoms with Crippen LogP contribution in [0, 0.1) is 0 Å². The van der Waals surface area contributed by atoms with Crippen molar-refractivity contribution < 1.29 is 14.3 Å². The van der Waals surface area contributed by atoms with E-state index in [1.807, 2.05) is 60.7 Å². The summed E-state index contributed by atoms with van der Waals surface area (Å²) in [5.41, 5.74) is 3.41. The lowest BCUT2D eigenvalue weighted by molar-refractivity contribution is 0.0470. The molecule has 1 N–H and O–H groups in total. The van der Waals surface area contributed by atoms with Gasteiger partial charge in [0, 0.05) is 22.0 Å². The van der Waals surface area contributed by atoms with Gasteiger partial charge in [-0.05, 0) is 11.6 Å². The van der Waals surface area contributed by atoms with Crippen molar-refractivity contribution in [3.8, 4) is 11.1 Å². The number of benzene rings is 3. The third-order valence-electron chi connectivity index (χ3n) is 4.40. The van der Waals surface area contributed by atoms with Crippen LogP contribution in [-0.2, 0) is 4.74 Å². The molecule has 0 aliphatic heterocycles. The number of para-hydroxylation sites is 1. The number of aromatic amines is 1. The minimum Gasteiger partial charge on any atom is -0.453 e. The van der Waals surface area contributed by atoms with Crippen molar-refractivity contribution in [2.75, 3.05) is 6.61 Å². The topological polar surface area (TPSA) is 59.2 Å². The Hall–Kier alpha value is -3.66. The van der Waals surface area contributed by atoms with Crippen molar-refractivity contribution in [1.29, 1.82) is 0 Å². The highest BCUT2D eigenvalue weighted by Gasteiger charge is 2.21. The largest absolute Gasteiger partial charge is 0.453 e. The van der Waals surface area contributed by atoms with Gasteiger partial charge in [-0.2, -0.15) is 0 Å². The van der Waals surface area contributed by atoms with Gasteiger partial charge < -0.3 is 9.72 Å². The summed E-state index contributed by atoms with van der Waals surface area (Å²) in [5.74, 6) is -0.782. The molecule has 4 rings (SSSR count). The fraction of sp³-hybridized carbons (Fsp3) is 0.0435. The van der Waals surface area contributed by atoms with Crippen LogP contribution in [0.5, 0.6) is 0 Å².